The zero-order valence-corrected chi connectivity index (χ0v) is 15.4. The Bertz CT molecular complexity index is 960. The fourth-order valence-corrected chi connectivity index (χ4v) is 3.07. The van der Waals surface area contributed by atoms with Gasteiger partial charge in [0.25, 0.3) is 5.91 Å². The molecule has 0 bridgehead atoms. The van der Waals surface area contributed by atoms with Crippen LogP contribution >= 0.6 is 34.8 Å². The molecule has 1 aromatic heterocycles. The van der Waals surface area contributed by atoms with Gasteiger partial charge in [-0.1, -0.05) is 46.9 Å². The summed E-state index contributed by atoms with van der Waals surface area (Å²) in [6.07, 6.45) is 0. The highest BCUT2D eigenvalue weighted by Gasteiger charge is 2.15. The molecule has 7 heteroatoms. The molecule has 0 aliphatic rings. The number of halogens is 3. The molecule has 3 rings (SSSR count). The fourth-order valence-electron chi connectivity index (χ4n) is 2.31. The van der Waals surface area contributed by atoms with Crippen molar-refractivity contribution in [1.82, 2.24) is 4.98 Å². The molecule has 1 amide bonds. The summed E-state index contributed by atoms with van der Waals surface area (Å²) >= 11 is 18.4. The first kappa shape index (κ1) is 17.8. The molecule has 0 unspecified atom stereocenters. The molecule has 0 radical (unpaired) electrons. The van der Waals surface area contributed by atoms with Crippen molar-refractivity contribution in [2.24, 2.45) is 0 Å². The Balaban J connectivity index is 1.82. The molecule has 1 heterocycles. The van der Waals surface area contributed by atoms with Crippen LogP contribution in [0, 0.1) is 6.92 Å². The molecule has 0 atom stereocenters. The van der Waals surface area contributed by atoms with Gasteiger partial charge in [-0.25, -0.2) is 4.98 Å². The van der Waals surface area contributed by atoms with Crippen LogP contribution < -0.4 is 10.1 Å². The standard InChI is InChI=1S/C18H13Cl3N2O2/c1-10-6-7-11-13(20)8-14(21)18(17(11)22-10)25-9-16(24)23-15-5-3-2-4-12(15)19/h2-8H,9H2,1H3,(H,23,24). The monoisotopic (exact) mass is 394 g/mol. The van der Waals surface area contributed by atoms with Crippen LogP contribution in [-0.2, 0) is 4.79 Å². The van der Waals surface area contributed by atoms with E-state index in [1.807, 2.05) is 19.1 Å². The molecular weight excluding hydrogens is 383 g/mol. The summed E-state index contributed by atoms with van der Waals surface area (Å²) in [5.74, 6) is -0.0426. The number of nitrogens with one attached hydrogen (secondary N) is 1. The van der Waals surface area contributed by atoms with Crippen molar-refractivity contribution in [3.63, 3.8) is 0 Å². The van der Waals surface area contributed by atoms with E-state index in [-0.39, 0.29) is 12.5 Å². The van der Waals surface area contributed by atoms with E-state index in [0.717, 1.165) is 5.69 Å². The molecule has 4 nitrogen and oxygen atoms in total. The van der Waals surface area contributed by atoms with E-state index in [9.17, 15) is 4.79 Å². The highest BCUT2D eigenvalue weighted by atomic mass is 35.5. The Morgan fingerprint density at radius 2 is 1.84 bits per heavy atom. The van der Waals surface area contributed by atoms with Crippen LogP contribution in [0.15, 0.2) is 42.5 Å². The number of carbonyl (C=O) groups excluding carboxylic acids is 1. The van der Waals surface area contributed by atoms with Crippen molar-refractivity contribution >= 4 is 57.3 Å². The maximum Gasteiger partial charge on any atom is 0.262 e. The topological polar surface area (TPSA) is 51.2 Å². The van der Waals surface area contributed by atoms with Gasteiger partial charge in [0.05, 0.1) is 20.8 Å². The molecule has 0 saturated heterocycles. The van der Waals surface area contributed by atoms with E-state index in [1.54, 1.807) is 30.3 Å². The Hall–Kier alpha value is -2.01. The molecule has 0 spiro atoms. The van der Waals surface area contributed by atoms with Gasteiger partial charge < -0.3 is 10.1 Å². The number of ether oxygens (including phenoxy) is 1. The van der Waals surface area contributed by atoms with E-state index < -0.39 is 0 Å². The Morgan fingerprint density at radius 3 is 2.60 bits per heavy atom. The van der Waals surface area contributed by atoms with Gasteiger partial charge in [-0.2, -0.15) is 0 Å². The van der Waals surface area contributed by atoms with Crippen LogP contribution in [0.1, 0.15) is 5.69 Å². The highest BCUT2D eigenvalue weighted by Crippen LogP contribution is 2.37. The molecular formula is C18H13Cl3N2O2. The largest absolute Gasteiger partial charge is 0.480 e. The van der Waals surface area contributed by atoms with Gasteiger partial charge in [0.2, 0.25) is 0 Å². The average Bonchev–Trinajstić information content (AvgIpc) is 2.56. The van der Waals surface area contributed by atoms with Crippen LogP contribution in [0.3, 0.4) is 0 Å². The summed E-state index contributed by atoms with van der Waals surface area (Å²) < 4.78 is 5.63. The summed E-state index contributed by atoms with van der Waals surface area (Å²) in [6.45, 7) is 1.61. The lowest BCUT2D eigenvalue weighted by Gasteiger charge is -2.13. The van der Waals surface area contributed by atoms with Crippen LogP contribution in [-0.4, -0.2) is 17.5 Å². The number of aromatic nitrogens is 1. The van der Waals surface area contributed by atoms with Crippen LogP contribution in [0.4, 0.5) is 5.69 Å². The summed E-state index contributed by atoms with van der Waals surface area (Å²) in [7, 11) is 0. The number of carbonyl (C=O) groups is 1. The number of fused-ring (bicyclic) bond motifs is 1. The third kappa shape index (κ3) is 3.98. The van der Waals surface area contributed by atoms with Gasteiger partial charge >= 0.3 is 0 Å². The van der Waals surface area contributed by atoms with E-state index in [4.69, 9.17) is 39.5 Å². The minimum absolute atomic E-state index is 0.239. The lowest BCUT2D eigenvalue weighted by atomic mass is 10.2. The van der Waals surface area contributed by atoms with Crippen LogP contribution in [0.5, 0.6) is 5.75 Å². The average molecular weight is 396 g/mol. The van der Waals surface area contributed by atoms with Gasteiger partial charge in [-0.15, -0.1) is 0 Å². The number of rotatable bonds is 4. The number of benzene rings is 2. The number of nitrogens with zero attached hydrogens (tertiary/aromatic N) is 1. The Labute approximate surface area is 159 Å². The molecule has 0 aliphatic heterocycles. The number of hydrogen-bond donors (Lipinski definition) is 1. The number of anilines is 1. The third-order valence-electron chi connectivity index (χ3n) is 3.47. The smallest absolute Gasteiger partial charge is 0.262 e. The predicted molar refractivity (Wildman–Crippen MR) is 102 cm³/mol. The molecule has 1 N–H and O–H groups in total. The zero-order valence-electron chi connectivity index (χ0n) is 13.1. The van der Waals surface area contributed by atoms with Crippen LogP contribution in [0.2, 0.25) is 15.1 Å². The number of amides is 1. The molecule has 25 heavy (non-hydrogen) atoms. The molecule has 128 valence electrons. The lowest BCUT2D eigenvalue weighted by Crippen LogP contribution is -2.20. The van der Waals surface area contributed by atoms with Gasteiger partial charge in [-0.3, -0.25) is 4.79 Å². The Morgan fingerprint density at radius 1 is 1.08 bits per heavy atom. The number of aryl methyl sites for hydroxylation is 1. The molecule has 3 aromatic rings. The maximum atomic E-state index is 12.1. The number of para-hydroxylation sites is 1. The first-order chi connectivity index (χ1) is 12.0. The summed E-state index contributed by atoms with van der Waals surface area (Å²) in [5.41, 5.74) is 1.82. The van der Waals surface area contributed by atoms with Crippen molar-refractivity contribution in [3.05, 3.63) is 63.2 Å². The van der Waals surface area contributed by atoms with Gasteiger partial charge in [-0.05, 0) is 37.3 Å². The van der Waals surface area contributed by atoms with Crippen molar-refractivity contribution < 1.29 is 9.53 Å². The fraction of sp³-hybridized carbons (Fsp3) is 0.111. The third-order valence-corrected chi connectivity index (χ3v) is 4.40. The summed E-state index contributed by atoms with van der Waals surface area (Å²) in [4.78, 5) is 16.6. The second kappa shape index (κ2) is 7.48. The SMILES string of the molecule is Cc1ccc2c(Cl)cc(Cl)c(OCC(=O)Nc3ccccc3Cl)c2n1. The van der Waals surface area contributed by atoms with Crippen LogP contribution in [0.25, 0.3) is 10.9 Å². The van der Waals surface area contributed by atoms with E-state index >= 15 is 0 Å². The second-order valence-corrected chi connectivity index (χ2v) is 6.56. The van der Waals surface area contributed by atoms with E-state index in [2.05, 4.69) is 10.3 Å². The highest BCUT2D eigenvalue weighted by molar-refractivity contribution is 6.39. The normalized spacial score (nSPS) is 10.7. The Kier molecular flexibility index (Phi) is 5.33. The number of pyridine rings is 1. The molecule has 0 fully saturated rings. The van der Waals surface area contributed by atoms with Crippen molar-refractivity contribution in [3.8, 4) is 5.75 Å². The van der Waals surface area contributed by atoms with Gasteiger partial charge in [0.15, 0.2) is 12.4 Å². The summed E-state index contributed by atoms with van der Waals surface area (Å²) in [5, 5.41) is 4.60. The molecule has 2 aromatic carbocycles. The van der Waals surface area contributed by atoms with Crippen molar-refractivity contribution in [2.75, 3.05) is 11.9 Å². The van der Waals surface area contributed by atoms with Gasteiger partial charge in [0.1, 0.15) is 5.52 Å². The first-order valence-electron chi connectivity index (χ1n) is 7.38. The number of hydrogen-bond acceptors (Lipinski definition) is 3. The minimum Gasteiger partial charge on any atom is -0.480 e. The first-order valence-corrected chi connectivity index (χ1v) is 8.51. The molecule has 0 aliphatic carbocycles. The summed E-state index contributed by atoms with van der Waals surface area (Å²) in [6, 6.07) is 12.2. The van der Waals surface area contributed by atoms with Gasteiger partial charge in [0, 0.05) is 11.1 Å². The molecule has 0 saturated carbocycles. The predicted octanol–water partition coefficient (Wildman–Crippen LogP) is 5.52. The van der Waals surface area contributed by atoms with Crippen molar-refractivity contribution in [1.29, 1.82) is 0 Å². The zero-order chi connectivity index (χ0) is 18.0. The second-order valence-electron chi connectivity index (χ2n) is 5.33. The minimum atomic E-state index is -0.361. The maximum absolute atomic E-state index is 12.1. The quantitative estimate of drug-likeness (QED) is 0.632. The van der Waals surface area contributed by atoms with Crippen molar-refractivity contribution in [2.45, 2.75) is 6.92 Å². The van der Waals surface area contributed by atoms with E-state index in [0.29, 0.717) is 37.4 Å². The lowest BCUT2D eigenvalue weighted by molar-refractivity contribution is -0.118. The van der Waals surface area contributed by atoms with E-state index in [1.165, 1.54) is 0 Å².